The third-order valence-electron chi connectivity index (χ3n) is 0.954. The Morgan fingerprint density at radius 1 is 1.50 bits per heavy atom. The molecule has 4 heteroatoms. The minimum atomic E-state index is 0.565. The van der Waals surface area contributed by atoms with Crippen LogP contribution in [0.2, 0.25) is 0 Å². The fraction of sp³-hybridized carbons (Fsp3) is 0. The Hall–Kier alpha value is -0.220. The largest absolute Gasteiger partial charge is 0.298 e. The van der Waals surface area contributed by atoms with Crippen LogP contribution in [-0.2, 0) is 0 Å². The number of hydrogen-bond acceptors (Lipinski definition) is 2. The molecule has 0 unspecified atom stereocenters. The summed E-state index contributed by atoms with van der Waals surface area (Å²) in [5.41, 5.74) is 0.565. The van der Waals surface area contributed by atoms with Crippen LogP contribution < -0.4 is 0 Å². The molecule has 0 saturated heterocycles. The van der Waals surface area contributed by atoms with Gasteiger partial charge in [-0.1, -0.05) is 0 Å². The van der Waals surface area contributed by atoms with Gasteiger partial charge in [-0.2, -0.15) is 0 Å². The smallest absolute Gasteiger partial charge is 0.151 e. The van der Waals surface area contributed by atoms with E-state index in [1.54, 1.807) is 6.07 Å². The van der Waals surface area contributed by atoms with E-state index >= 15 is 0 Å². The van der Waals surface area contributed by atoms with E-state index in [4.69, 9.17) is 0 Å². The molecule has 0 bridgehead atoms. The first kappa shape index (κ1) is 7.88. The van der Waals surface area contributed by atoms with E-state index in [2.05, 4.69) is 36.8 Å². The average molecular weight is 265 g/mol. The van der Waals surface area contributed by atoms with Gasteiger partial charge in [-0.25, -0.2) is 4.98 Å². The van der Waals surface area contributed by atoms with Gasteiger partial charge in [0.05, 0.1) is 4.47 Å². The van der Waals surface area contributed by atoms with Gasteiger partial charge in [0.1, 0.15) is 4.60 Å². The van der Waals surface area contributed by atoms with Gasteiger partial charge in [0, 0.05) is 11.8 Å². The normalized spacial score (nSPS) is 9.40. The Morgan fingerprint density at radius 2 is 2.20 bits per heavy atom. The third kappa shape index (κ3) is 1.64. The van der Waals surface area contributed by atoms with Crippen molar-refractivity contribution < 1.29 is 4.79 Å². The van der Waals surface area contributed by atoms with Gasteiger partial charge >= 0.3 is 0 Å². The summed E-state index contributed by atoms with van der Waals surface area (Å²) in [5.74, 6) is 0. The highest BCUT2D eigenvalue weighted by atomic mass is 79.9. The fourth-order valence-corrected chi connectivity index (χ4v) is 1.08. The molecule has 0 aromatic carbocycles. The molecule has 0 saturated carbocycles. The number of carbonyl (C=O) groups excluding carboxylic acids is 1. The molecule has 0 radical (unpaired) electrons. The van der Waals surface area contributed by atoms with Crippen molar-refractivity contribution in [3.63, 3.8) is 0 Å². The molecule has 0 atom stereocenters. The molecule has 0 amide bonds. The molecule has 1 aromatic heterocycles. The maximum Gasteiger partial charge on any atom is 0.151 e. The van der Waals surface area contributed by atoms with Gasteiger partial charge in [0.25, 0.3) is 0 Å². The number of rotatable bonds is 1. The minimum Gasteiger partial charge on any atom is -0.298 e. The van der Waals surface area contributed by atoms with Crippen molar-refractivity contribution in [3.05, 3.63) is 26.9 Å². The van der Waals surface area contributed by atoms with Crippen LogP contribution in [0.4, 0.5) is 0 Å². The summed E-state index contributed by atoms with van der Waals surface area (Å²) in [6.45, 7) is 0. The van der Waals surface area contributed by atoms with Gasteiger partial charge in [-0.15, -0.1) is 0 Å². The molecule has 0 fully saturated rings. The number of aromatic nitrogens is 1. The SMILES string of the molecule is O=Cc1cnc(Br)c(Br)c1. The van der Waals surface area contributed by atoms with Crippen LogP contribution in [-0.4, -0.2) is 11.3 Å². The Balaban J connectivity index is 3.16. The van der Waals surface area contributed by atoms with E-state index in [9.17, 15) is 4.79 Å². The van der Waals surface area contributed by atoms with Crippen LogP contribution in [0, 0.1) is 0 Å². The van der Waals surface area contributed by atoms with E-state index in [0.29, 0.717) is 10.2 Å². The van der Waals surface area contributed by atoms with E-state index in [1.807, 2.05) is 0 Å². The highest BCUT2D eigenvalue weighted by Crippen LogP contribution is 2.19. The van der Waals surface area contributed by atoms with E-state index in [0.717, 1.165) is 10.8 Å². The zero-order chi connectivity index (χ0) is 7.56. The summed E-state index contributed by atoms with van der Waals surface area (Å²) in [6, 6.07) is 1.70. The number of pyridine rings is 1. The maximum absolute atomic E-state index is 10.2. The standard InChI is InChI=1S/C6H3Br2NO/c7-5-1-4(3-10)2-9-6(5)8/h1-3H. The third-order valence-corrected chi connectivity index (χ3v) is 2.72. The highest BCUT2D eigenvalue weighted by Gasteiger charge is 1.97. The second-order valence-corrected chi connectivity index (χ2v) is 3.26. The lowest BCUT2D eigenvalue weighted by Crippen LogP contribution is -1.83. The second-order valence-electron chi connectivity index (χ2n) is 1.66. The van der Waals surface area contributed by atoms with Gasteiger partial charge < -0.3 is 0 Å². The van der Waals surface area contributed by atoms with Crippen molar-refractivity contribution in [3.8, 4) is 0 Å². The molecule has 0 spiro atoms. The lowest BCUT2D eigenvalue weighted by Gasteiger charge is -1.93. The molecule has 2 nitrogen and oxygen atoms in total. The number of hydrogen-bond donors (Lipinski definition) is 0. The molecular formula is C6H3Br2NO. The molecule has 0 aliphatic carbocycles. The molecule has 0 aliphatic rings. The predicted octanol–water partition coefficient (Wildman–Crippen LogP) is 2.42. The number of nitrogens with zero attached hydrogens (tertiary/aromatic N) is 1. The first-order valence-electron chi connectivity index (χ1n) is 2.50. The van der Waals surface area contributed by atoms with Crippen LogP contribution in [0.15, 0.2) is 21.3 Å². The Labute approximate surface area is 74.9 Å². The summed E-state index contributed by atoms with van der Waals surface area (Å²) < 4.78 is 1.50. The summed E-state index contributed by atoms with van der Waals surface area (Å²) in [7, 11) is 0. The van der Waals surface area contributed by atoms with Crippen molar-refractivity contribution in [1.82, 2.24) is 4.98 Å². The molecule has 0 N–H and O–H groups in total. The summed E-state index contributed by atoms with van der Waals surface area (Å²) in [5, 5.41) is 0. The van der Waals surface area contributed by atoms with Crippen molar-refractivity contribution in [2.24, 2.45) is 0 Å². The molecular weight excluding hydrogens is 262 g/mol. The van der Waals surface area contributed by atoms with Crippen LogP contribution in [0.5, 0.6) is 0 Å². The first-order valence-corrected chi connectivity index (χ1v) is 4.09. The molecule has 0 aliphatic heterocycles. The van der Waals surface area contributed by atoms with Crippen LogP contribution in [0.1, 0.15) is 10.4 Å². The molecule has 1 rings (SSSR count). The number of carbonyl (C=O) groups is 1. The monoisotopic (exact) mass is 263 g/mol. The predicted molar refractivity (Wildman–Crippen MR) is 45.0 cm³/mol. The van der Waals surface area contributed by atoms with Crippen LogP contribution in [0.3, 0.4) is 0 Å². The Bertz CT molecular complexity index is 262. The van der Waals surface area contributed by atoms with Gasteiger partial charge in [0.15, 0.2) is 6.29 Å². The lowest BCUT2D eigenvalue weighted by atomic mass is 10.3. The van der Waals surface area contributed by atoms with E-state index in [1.165, 1.54) is 6.20 Å². The van der Waals surface area contributed by atoms with Crippen LogP contribution in [0.25, 0.3) is 0 Å². The minimum absolute atomic E-state index is 0.565. The highest BCUT2D eigenvalue weighted by molar-refractivity contribution is 9.13. The number of aldehydes is 1. The van der Waals surface area contributed by atoms with E-state index < -0.39 is 0 Å². The maximum atomic E-state index is 10.2. The zero-order valence-corrected chi connectivity index (χ0v) is 8.02. The summed E-state index contributed by atoms with van der Waals surface area (Å²) in [6.07, 6.45) is 2.26. The van der Waals surface area contributed by atoms with Gasteiger partial charge in [0.2, 0.25) is 0 Å². The van der Waals surface area contributed by atoms with Gasteiger partial charge in [-0.05, 0) is 37.9 Å². The summed E-state index contributed by atoms with van der Waals surface area (Å²) in [4.78, 5) is 14.1. The first-order chi connectivity index (χ1) is 4.74. The lowest BCUT2D eigenvalue weighted by molar-refractivity contribution is 0.112. The van der Waals surface area contributed by atoms with Crippen molar-refractivity contribution in [1.29, 1.82) is 0 Å². The van der Waals surface area contributed by atoms with Crippen molar-refractivity contribution >= 4 is 38.1 Å². The molecule has 52 valence electrons. The molecule has 1 aromatic rings. The topological polar surface area (TPSA) is 30.0 Å². The molecule has 1 heterocycles. The van der Waals surface area contributed by atoms with Crippen LogP contribution >= 0.6 is 31.9 Å². The second kappa shape index (κ2) is 3.25. The average Bonchev–Trinajstić information content (AvgIpc) is 1.95. The number of halogens is 2. The Kier molecular flexibility index (Phi) is 2.56. The van der Waals surface area contributed by atoms with Crippen molar-refractivity contribution in [2.45, 2.75) is 0 Å². The molecule has 10 heavy (non-hydrogen) atoms. The fourth-order valence-electron chi connectivity index (χ4n) is 0.500. The van der Waals surface area contributed by atoms with Gasteiger partial charge in [-0.3, -0.25) is 4.79 Å². The Morgan fingerprint density at radius 3 is 2.70 bits per heavy atom. The zero-order valence-electron chi connectivity index (χ0n) is 4.84. The van der Waals surface area contributed by atoms with Crippen molar-refractivity contribution in [2.75, 3.05) is 0 Å². The summed E-state index contributed by atoms with van der Waals surface area (Å²) >= 11 is 6.40. The van der Waals surface area contributed by atoms with E-state index in [-0.39, 0.29) is 0 Å². The quantitative estimate of drug-likeness (QED) is 0.576.